The molecule has 0 radical (unpaired) electrons. The van der Waals surface area contributed by atoms with Gasteiger partial charge in [0.05, 0.1) is 27.8 Å². The molecule has 9 aromatic carbocycles. The van der Waals surface area contributed by atoms with Gasteiger partial charge in [-0.15, -0.1) is 11.3 Å². The number of para-hydroxylation sites is 2. The molecule has 0 aliphatic carbocycles. The standard InChI is InChI=1S/C58H36N4S/c1-2-12-37(13-3-1)38-24-28-43(29-25-38)61-52-21-7-4-16-45(52)47-30-26-40(36-55(47)61)39-27-31-54-50(35-39)46-17-5-8-22-53(46)62(54)58-59-33-32-51(60-58)42-15-10-14-41(34-42)44-19-11-20-49-48-18-6-9-23-56(48)63-57(44)49/h1-36H. The smallest absolute Gasteiger partial charge is 0.235 e. The van der Waals surface area contributed by atoms with E-state index in [1.165, 1.54) is 64.2 Å². The Morgan fingerprint density at radius 1 is 0.349 bits per heavy atom. The van der Waals surface area contributed by atoms with Gasteiger partial charge in [0.2, 0.25) is 5.95 Å². The first kappa shape index (κ1) is 35.6. The van der Waals surface area contributed by atoms with Crippen molar-refractivity contribution in [3.63, 3.8) is 0 Å². The van der Waals surface area contributed by atoms with Crippen LogP contribution in [0.4, 0.5) is 0 Å². The summed E-state index contributed by atoms with van der Waals surface area (Å²) in [6.45, 7) is 0. The van der Waals surface area contributed by atoms with E-state index in [0.29, 0.717) is 5.95 Å². The van der Waals surface area contributed by atoms with E-state index in [0.717, 1.165) is 49.9 Å². The highest BCUT2D eigenvalue weighted by Gasteiger charge is 2.18. The molecule has 0 fully saturated rings. The molecule has 0 saturated carbocycles. The first-order valence-electron chi connectivity index (χ1n) is 21.3. The van der Waals surface area contributed by atoms with Crippen LogP contribution >= 0.6 is 11.3 Å². The zero-order valence-corrected chi connectivity index (χ0v) is 34.8. The monoisotopic (exact) mass is 820 g/mol. The lowest BCUT2D eigenvalue weighted by molar-refractivity contribution is 0.992. The maximum atomic E-state index is 5.27. The minimum Gasteiger partial charge on any atom is -0.309 e. The first-order chi connectivity index (χ1) is 31.2. The fourth-order valence-corrected chi connectivity index (χ4v) is 10.9. The summed E-state index contributed by atoms with van der Waals surface area (Å²) < 4.78 is 7.22. The van der Waals surface area contributed by atoms with Gasteiger partial charge in [0.1, 0.15) is 0 Å². The number of benzene rings is 9. The number of hydrogen-bond donors (Lipinski definition) is 0. The lowest BCUT2D eigenvalue weighted by Gasteiger charge is -2.11. The summed E-state index contributed by atoms with van der Waals surface area (Å²) >= 11 is 1.86. The molecule has 13 rings (SSSR count). The zero-order valence-electron chi connectivity index (χ0n) is 34.0. The van der Waals surface area contributed by atoms with E-state index in [9.17, 15) is 0 Å². The van der Waals surface area contributed by atoms with Gasteiger partial charge in [-0.2, -0.15) is 0 Å². The normalized spacial score (nSPS) is 11.8. The minimum atomic E-state index is 0.646. The second-order valence-corrected chi connectivity index (χ2v) is 17.2. The molecule has 63 heavy (non-hydrogen) atoms. The fourth-order valence-electron chi connectivity index (χ4n) is 9.67. The van der Waals surface area contributed by atoms with Crippen LogP contribution in [0, 0.1) is 0 Å². The molecule has 4 heterocycles. The van der Waals surface area contributed by atoms with Gasteiger partial charge in [-0.25, -0.2) is 9.97 Å². The molecule has 0 N–H and O–H groups in total. The van der Waals surface area contributed by atoms with E-state index in [2.05, 4.69) is 215 Å². The van der Waals surface area contributed by atoms with Gasteiger partial charge in [-0.05, 0) is 94.0 Å². The van der Waals surface area contributed by atoms with Crippen LogP contribution in [0.2, 0.25) is 0 Å². The SMILES string of the molecule is c1ccc(-c2ccc(-n3c4ccccc4c4ccc(-c5ccc6c(c5)c5ccccc5n6-c5nccc(-c6cccc(-c7cccc8c7sc7ccccc78)c6)n5)cc43)cc2)cc1. The summed E-state index contributed by atoms with van der Waals surface area (Å²) in [5.41, 5.74) is 14.7. The van der Waals surface area contributed by atoms with Crippen molar-refractivity contribution in [2.24, 2.45) is 0 Å². The van der Waals surface area contributed by atoms with Crippen molar-refractivity contribution in [1.82, 2.24) is 19.1 Å². The number of thiophene rings is 1. The molecule has 0 spiro atoms. The Hall–Kier alpha value is -8.12. The molecule has 0 atom stereocenters. The molecular weight excluding hydrogens is 785 g/mol. The second-order valence-electron chi connectivity index (χ2n) is 16.2. The van der Waals surface area contributed by atoms with E-state index in [1.54, 1.807) is 0 Å². The third-order valence-corrected chi connectivity index (χ3v) is 13.8. The van der Waals surface area contributed by atoms with Crippen molar-refractivity contribution in [3.8, 4) is 56.3 Å². The highest BCUT2D eigenvalue weighted by Crippen LogP contribution is 2.42. The van der Waals surface area contributed by atoms with Crippen LogP contribution in [0.3, 0.4) is 0 Å². The van der Waals surface area contributed by atoms with E-state index < -0.39 is 0 Å². The Labute approximate surface area is 367 Å². The van der Waals surface area contributed by atoms with Gasteiger partial charge >= 0.3 is 0 Å². The van der Waals surface area contributed by atoms with Gasteiger partial charge < -0.3 is 4.57 Å². The van der Waals surface area contributed by atoms with Gasteiger partial charge in [-0.1, -0.05) is 152 Å². The summed E-state index contributed by atoms with van der Waals surface area (Å²) in [6, 6.07) is 76.6. The molecule has 0 bridgehead atoms. The minimum absolute atomic E-state index is 0.646. The third kappa shape index (κ3) is 5.74. The van der Waals surface area contributed by atoms with E-state index in [4.69, 9.17) is 9.97 Å². The van der Waals surface area contributed by atoms with Crippen molar-refractivity contribution in [3.05, 3.63) is 219 Å². The highest BCUT2D eigenvalue weighted by molar-refractivity contribution is 7.26. The Morgan fingerprint density at radius 2 is 0.952 bits per heavy atom. The second kappa shape index (κ2) is 14.2. The number of aromatic nitrogens is 4. The van der Waals surface area contributed by atoms with Crippen LogP contribution in [-0.4, -0.2) is 19.1 Å². The molecule has 294 valence electrons. The van der Waals surface area contributed by atoms with E-state index in [1.807, 2.05) is 23.6 Å². The molecule has 0 aliphatic heterocycles. The van der Waals surface area contributed by atoms with Crippen LogP contribution in [0.5, 0.6) is 0 Å². The summed E-state index contributed by atoms with van der Waals surface area (Å²) in [4.78, 5) is 10.2. The van der Waals surface area contributed by atoms with Crippen molar-refractivity contribution >= 4 is 75.1 Å². The van der Waals surface area contributed by atoms with Crippen molar-refractivity contribution < 1.29 is 0 Å². The Morgan fingerprint density at radius 3 is 1.81 bits per heavy atom. The molecule has 4 aromatic heterocycles. The number of rotatable bonds is 6. The van der Waals surface area contributed by atoms with Crippen molar-refractivity contribution in [1.29, 1.82) is 0 Å². The van der Waals surface area contributed by atoms with Crippen LogP contribution in [-0.2, 0) is 0 Å². The summed E-state index contributed by atoms with van der Waals surface area (Å²) in [6.07, 6.45) is 1.88. The average molecular weight is 821 g/mol. The maximum absolute atomic E-state index is 5.27. The number of nitrogens with zero attached hydrogens (tertiary/aromatic N) is 4. The third-order valence-electron chi connectivity index (χ3n) is 12.6. The first-order valence-corrected chi connectivity index (χ1v) is 22.1. The molecule has 0 saturated heterocycles. The summed E-state index contributed by atoms with van der Waals surface area (Å²) in [5.74, 6) is 0.646. The van der Waals surface area contributed by atoms with E-state index >= 15 is 0 Å². The molecular formula is C58H36N4S. The van der Waals surface area contributed by atoms with Gasteiger partial charge in [0.25, 0.3) is 0 Å². The van der Waals surface area contributed by atoms with Gasteiger partial charge in [-0.3, -0.25) is 4.57 Å². The lowest BCUT2D eigenvalue weighted by Crippen LogP contribution is -2.01. The lowest BCUT2D eigenvalue weighted by atomic mass is 10.00. The molecule has 0 amide bonds. The zero-order chi connectivity index (χ0) is 41.4. The van der Waals surface area contributed by atoms with Crippen LogP contribution in [0.25, 0.3) is 120 Å². The molecule has 4 nitrogen and oxygen atoms in total. The molecule has 13 aromatic rings. The largest absolute Gasteiger partial charge is 0.309 e. The number of fused-ring (bicyclic) bond motifs is 9. The summed E-state index contributed by atoms with van der Waals surface area (Å²) in [5, 5.41) is 7.40. The molecule has 0 aliphatic rings. The Kier molecular flexibility index (Phi) is 8.05. The van der Waals surface area contributed by atoms with Gasteiger partial charge in [0.15, 0.2) is 0 Å². The van der Waals surface area contributed by atoms with Crippen molar-refractivity contribution in [2.75, 3.05) is 0 Å². The van der Waals surface area contributed by atoms with E-state index in [-0.39, 0.29) is 0 Å². The number of hydrogen-bond acceptors (Lipinski definition) is 3. The predicted molar refractivity (Wildman–Crippen MR) is 265 cm³/mol. The fraction of sp³-hybridized carbons (Fsp3) is 0. The van der Waals surface area contributed by atoms with Gasteiger partial charge in [0, 0.05) is 59.2 Å². The predicted octanol–water partition coefficient (Wildman–Crippen LogP) is 15.7. The summed E-state index contributed by atoms with van der Waals surface area (Å²) in [7, 11) is 0. The molecule has 0 unspecified atom stereocenters. The van der Waals surface area contributed by atoms with Crippen LogP contribution < -0.4 is 0 Å². The molecule has 5 heteroatoms. The average Bonchev–Trinajstić information content (AvgIpc) is 4.02. The van der Waals surface area contributed by atoms with Crippen LogP contribution in [0.15, 0.2) is 219 Å². The van der Waals surface area contributed by atoms with Crippen LogP contribution in [0.1, 0.15) is 0 Å². The topological polar surface area (TPSA) is 35.6 Å². The maximum Gasteiger partial charge on any atom is 0.235 e. The highest BCUT2D eigenvalue weighted by atomic mass is 32.1. The quantitative estimate of drug-likeness (QED) is 0.167. The Balaban J connectivity index is 0.904. The van der Waals surface area contributed by atoms with Crippen molar-refractivity contribution in [2.45, 2.75) is 0 Å². The Bertz CT molecular complexity index is 3910.